The van der Waals surface area contributed by atoms with Crippen LogP contribution in [0.25, 0.3) is 0 Å². The molecule has 8 nitrogen and oxygen atoms in total. The number of carbonyl (C=O) groups is 2. The minimum atomic E-state index is -3.30. The number of aryl methyl sites for hydroxylation is 1. The minimum Gasteiger partial charge on any atom is -0.481 e. The molecule has 20 heavy (non-hydrogen) atoms. The molecule has 1 amide bonds. The van der Waals surface area contributed by atoms with E-state index in [0.29, 0.717) is 5.69 Å². The van der Waals surface area contributed by atoms with Crippen molar-refractivity contribution in [2.45, 2.75) is 12.5 Å². The van der Waals surface area contributed by atoms with Gasteiger partial charge >= 0.3 is 5.97 Å². The summed E-state index contributed by atoms with van der Waals surface area (Å²) in [6.07, 6.45) is 1.07. The Balaban J connectivity index is 2.26. The predicted octanol–water partition coefficient (Wildman–Crippen LogP) is -0.866. The van der Waals surface area contributed by atoms with Gasteiger partial charge < -0.3 is 10.0 Å². The molecule has 1 saturated heterocycles. The number of carbonyl (C=O) groups excluding carboxylic acids is 1. The highest BCUT2D eigenvalue weighted by atomic mass is 32.2. The van der Waals surface area contributed by atoms with Gasteiger partial charge in [-0.05, 0) is 6.07 Å². The molecule has 1 N–H and O–H groups in total. The van der Waals surface area contributed by atoms with Crippen molar-refractivity contribution in [3.63, 3.8) is 0 Å². The summed E-state index contributed by atoms with van der Waals surface area (Å²) in [5.74, 6) is -1.99. The van der Waals surface area contributed by atoms with Gasteiger partial charge in [0.2, 0.25) is 0 Å². The van der Waals surface area contributed by atoms with Crippen LogP contribution in [0, 0.1) is 0 Å². The van der Waals surface area contributed by atoms with Crippen LogP contribution in [0.5, 0.6) is 0 Å². The van der Waals surface area contributed by atoms with Gasteiger partial charge in [-0.3, -0.25) is 14.3 Å². The molecular formula is C11H15N3O5S. The van der Waals surface area contributed by atoms with Crippen molar-refractivity contribution in [3.8, 4) is 0 Å². The second-order valence-corrected chi connectivity index (χ2v) is 6.93. The molecule has 0 spiro atoms. The Kier molecular flexibility index (Phi) is 3.80. The van der Waals surface area contributed by atoms with Crippen LogP contribution in [0.1, 0.15) is 16.9 Å². The van der Waals surface area contributed by atoms with Gasteiger partial charge in [-0.25, -0.2) is 8.42 Å². The van der Waals surface area contributed by atoms with Gasteiger partial charge in [0, 0.05) is 19.8 Å². The number of hydrogen-bond donors (Lipinski definition) is 1. The van der Waals surface area contributed by atoms with Gasteiger partial charge in [0.1, 0.15) is 5.69 Å². The number of aromatic nitrogens is 2. The normalized spacial score (nSPS) is 21.6. The molecular weight excluding hydrogens is 286 g/mol. The topological polar surface area (TPSA) is 110 Å². The Labute approximate surface area is 115 Å². The maximum atomic E-state index is 12.4. The number of rotatable bonds is 3. The van der Waals surface area contributed by atoms with Crippen molar-refractivity contribution in [2.24, 2.45) is 7.05 Å². The SMILES string of the molecule is Cn1nccc1C(=O)N1CCS(=O)(=O)CC1CC(=O)O. The largest absolute Gasteiger partial charge is 0.481 e. The zero-order chi connectivity index (χ0) is 14.9. The first-order chi connectivity index (χ1) is 9.30. The van der Waals surface area contributed by atoms with Gasteiger partial charge in [-0.2, -0.15) is 5.10 Å². The van der Waals surface area contributed by atoms with E-state index in [1.54, 1.807) is 7.05 Å². The van der Waals surface area contributed by atoms with E-state index in [2.05, 4.69) is 5.10 Å². The maximum Gasteiger partial charge on any atom is 0.305 e. The number of carboxylic acid groups (broad SMARTS) is 1. The molecule has 1 aromatic heterocycles. The monoisotopic (exact) mass is 301 g/mol. The second kappa shape index (κ2) is 5.23. The van der Waals surface area contributed by atoms with Crippen LogP contribution in [0.4, 0.5) is 0 Å². The Morgan fingerprint density at radius 2 is 2.20 bits per heavy atom. The number of carboxylic acids is 1. The molecule has 2 rings (SSSR count). The zero-order valence-electron chi connectivity index (χ0n) is 10.9. The van der Waals surface area contributed by atoms with E-state index in [9.17, 15) is 18.0 Å². The molecule has 0 aliphatic carbocycles. The highest BCUT2D eigenvalue weighted by molar-refractivity contribution is 7.91. The first-order valence-corrected chi connectivity index (χ1v) is 7.83. The van der Waals surface area contributed by atoms with Gasteiger partial charge in [-0.15, -0.1) is 0 Å². The van der Waals surface area contributed by atoms with Crippen LogP contribution in [-0.2, 0) is 21.7 Å². The predicted molar refractivity (Wildman–Crippen MR) is 68.9 cm³/mol. The first kappa shape index (κ1) is 14.5. The molecule has 1 unspecified atom stereocenters. The number of hydrogen-bond acceptors (Lipinski definition) is 5. The van der Waals surface area contributed by atoms with Crippen molar-refractivity contribution in [1.29, 1.82) is 0 Å². The molecule has 9 heteroatoms. The molecule has 0 aromatic carbocycles. The molecule has 1 aliphatic rings. The van der Waals surface area contributed by atoms with Crippen LogP contribution in [0.15, 0.2) is 12.3 Å². The fraction of sp³-hybridized carbons (Fsp3) is 0.545. The maximum absolute atomic E-state index is 12.4. The van der Waals surface area contributed by atoms with Crippen LogP contribution in [-0.4, -0.2) is 64.2 Å². The standard InChI is InChI=1S/C11H15N3O5S/c1-13-9(2-3-12-13)11(17)14-4-5-20(18,19)7-8(14)6-10(15)16/h2-3,8H,4-7H2,1H3,(H,15,16). The van der Waals surface area contributed by atoms with Crippen molar-refractivity contribution >= 4 is 21.7 Å². The Morgan fingerprint density at radius 3 is 2.75 bits per heavy atom. The van der Waals surface area contributed by atoms with Gasteiger partial charge in [-0.1, -0.05) is 0 Å². The van der Waals surface area contributed by atoms with Crippen molar-refractivity contribution < 1.29 is 23.1 Å². The van der Waals surface area contributed by atoms with E-state index in [4.69, 9.17) is 5.11 Å². The van der Waals surface area contributed by atoms with Gasteiger partial charge in [0.15, 0.2) is 9.84 Å². The lowest BCUT2D eigenvalue weighted by Gasteiger charge is -2.34. The van der Waals surface area contributed by atoms with Crippen molar-refractivity contribution in [2.75, 3.05) is 18.1 Å². The summed E-state index contributed by atoms with van der Waals surface area (Å²) in [5.41, 5.74) is 0.305. The summed E-state index contributed by atoms with van der Waals surface area (Å²) in [6, 6.07) is 0.678. The molecule has 110 valence electrons. The van der Waals surface area contributed by atoms with E-state index >= 15 is 0 Å². The van der Waals surface area contributed by atoms with Crippen molar-refractivity contribution in [3.05, 3.63) is 18.0 Å². The number of sulfone groups is 1. The summed E-state index contributed by atoms with van der Waals surface area (Å²) in [4.78, 5) is 24.5. The quantitative estimate of drug-likeness (QED) is 0.777. The lowest BCUT2D eigenvalue weighted by atomic mass is 10.2. The lowest BCUT2D eigenvalue weighted by molar-refractivity contribution is -0.138. The molecule has 2 heterocycles. The highest BCUT2D eigenvalue weighted by Gasteiger charge is 2.36. The Bertz CT molecular complexity index is 636. The highest BCUT2D eigenvalue weighted by Crippen LogP contribution is 2.18. The van der Waals surface area contributed by atoms with E-state index in [1.807, 2.05) is 0 Å². The average molecular weight is 301 g/mol. The fourth-order valence-electron chi connectivity index (χ4n) is 2.26. The molecule has 1 aliphatic heterocycles. The summed E-state index contributed by atoms with van der Waals surface area (Å²) in [5, 5.41) is 12.8. The Hall–Kier alpha value is -1.90. The van der Waals surface area contributed by atoms with Crippen LogP contribution in [0.2, 0.25) is 0 Å². The third-order valence-corrected chi connectivity index (χ3v) is 4.94. The van der Waals surface area contributed by atoms with E-state index < -0.39 is 27.8 Å². The van der Waals surface area contributed by atoms with Crippen LogP contribution < -0.4 is 0 Å². The third kappa shape index (κ3) is 2.98. The molecule has 1 atom stereocenters. The van der Waals surface area contributed by atoms with E-state index in [1.165, 1.54) is 21.8 Å². The van der Waals surface area contributed by atoms with Gasteiger partial charge in [0.05, 0.1) is 24.0 Å². The van der Waals surface area contributed by atoms with Crippen molar-refractivity contribution in [1.82, 2.24) is 14.7 Å². The molecule has 1 fully saturated rings. The van der Waals surface area contributed by atoms with Gasteiger partial charge in [0.25, 0.3) is 5.91 Å². The average Bonchev–Trinajstić information content (AvgIpc) is 2.73. The summed E-state index contributed by atoms with van der Waals surface area (Å²) in [7, 11) is -1.71. The Morgan fingerprint density at radius 1 is 1.50 bits per heavy atom. The van der Waals surface area contributed by atoms with E-state index in [0.717, 1.165) is 0 Å². The third-order valence-electron chi connectivity index (χ3n) is 3.24. The molecule has 0 bridgehead atoms. The summed E-state index contributed by atoms with van der Waals surface area (Å²) < 4.78 is 24.6. The van der Waals surface area contributed by atoms with Crippen LogP contribution in [0.3, 0.4) is 0 Å². The molecule has 0 saturated carbocycles. The summed E-state index contributed by atoms with van der Waals surface area (Å²) >= 11 is 0. The zero-order valence-corrected chi connectivity index (χ0v) is 11.7. The fourth-order valence-corrected chi connectivity index (χ4v) is 3.78. The lowest BCUT2D eigenvalue weighted by Crippen LogP contribution is -2.52. The first-order valence-electron chi connectivity index (χ1n) is 6.01. The summed E-state index contributed by atoms with van der Waals surface area (Å²) in [6.45, 7) is 0.00426. The number of amides is 1. The molecule has 1 aromatic rings. The van der Waals surface area contributed by atoms with Crippen LogP contribution >= 0.6 is 0 Å². The minimum absolute atomic E-state index is 0.00426. The van der Waals surface area contributed by atoms with E-state index in [-0.39, 0.29) is 24.5 Å². The second-order valence-electron chi connectivity index (χ2n) is 4.70. The number of nitrogens with zero attached hydrogens (tertiary/aromatic N) is 3. The smallest absolute Gasteiger partial charge is 0.305 e. The number of aliphatic carboxylic acids is 1. The molecule has 0 radical (unpaired) electrons.